The van der Waals surface area contributed by atoms with E-state index in [9.17, 15) is 10.1 Å². The third kappa shape index (κ3) is 3.41. The second-order valence-electron chi connectivity index (χ2n) is 9.83. The number of Topliss-reactive ketones (excluding diaryl/α,β-unsaturated/α-hetero) is 1. The van der Waals surface area contributed by atoms with Gasteiger partial charge in [-0.1, -0.05) is 19.9 Å². The highest BCUT2D eigenvalue weighted by atomic mass is 16.7. The molecule has 174 valence electrons. The fourth-order valence-electron chi connectivity index (χ4n) is 5.39. The number of ether oxygens (including phenoxy) is 2. The fraction of sp³-hybridized carbons (Fsp3) is 0.250. The van der Waals surface area contributed by atoms with Gasteiger partial charge in [-0.3, -0.25) is 14.7 Å². The van der Waals surface area contributed by atoms with E-state index in [2.05, 4.69) is 24.9 Å². The molecule has 3 aromatic rings. The molecule has 1 aliphatic carbocycles. The van der Waals surface area contributed by atoms with E-state index in [1.807, 2.05) is 64.3 Å². The maximum atomic E-state index is 13.8. The van der Waals surface area contributed by atoms with Crippen molar-refractivity contribution in [3.63, 3.8) is 0 Å². The molecule has 0 spiro atoms. The predicted octanol–water partition coefficient (Wildman–Crippen LogP) is 5.25. The van der Waals surface area contributed by atoms with Crippen LogP contribution >= 0.6 is 0 Å². The Labute approximate surface area is 203 Å². The van der Waals surface area contributed by atoms with Gasteiger partial charge in [-0.15, -0.1) is 0 Å². The lowest BCUT2D eigenvalue weighted by Gasteiger charge is -2.44. The van der Waals surface area contributed by atoms with E-state index >= 15 is 0 Å². The lowest BCUT2D eigenvalue weighted by Crippen LogP contribution is -2.40. The lowest BCUT2D eigenvalue weighted by atomic mass is 9.68. The number of hydrogen-bond acceptors (Lipinski definition) is 6. The Morgan fingerprint density at radius 3 is 2.63 bits per heavy atom. The number of nitriles is 1. The first-order valence-corrected chi connectivity index (χ1v) is 11.6. The first-order valence-electron chi connectivity index (χ1n) is 11.6. The van der Waals surface area contributed by atoms with Crippen molar-refractivity contribution in [3.05, 3.63) is 89.7 Å². The van der Waals surface area contributed by atoms with Gasteiger partial charge in [0.15, 0.2) is 17.3 Å². The average molecular weight is 465 g/mol. The highest BCUT2D eigenvalue weighted by Crippen LogP contribution is 2.52. The monoisotopic (exact) mass is 464 g/mol. The summed E-state index contributed by atoms with van der Waals surface area (Å²) in [6.07, 6.45) is 8.45. The fourth-order valence-corrected chi connectivity index (χ4v) is 5.39. The molecule has 7 nitrogen and oxygen atoms in total. The van der Waals surface area contributed by atoms with E-state index in [4.69, 9.17) is 9.47 Å². The smallest absolute Gasteiger partial charge is 0.231 e. The average Bonchev–Trinajstić information content (AvgIpc) is 3.54. The number of benzene rings is 1. The van der Waals surface area contributed by atoms with Crippen LogP contribution in [0.1, 0.15) is 38.2 Å². The summed E-state index contributed by atoms with van der Waals surface area (Å²) >= 11 is 0. The van der Waals surface area contributed by atoms with Crippen LogP contribution in [0.5, 0.6) is 11.5 Å². The van der Waals surface area contributed by atoms with Crippen LogP contribution in [0.25, 0.3) is 5.82 Å². The van der Waals surface area contributed by atoms with Crippen molar-refractivity contribution >= 4 is 17.3 Å². The van der Waals surface area contributed by atoms with Crippen molar-refractivity contribution in [1.29, 1.82) is 5.26 Å². The minimum absolute atomic E-state index is 0.0621. The second kappa shape index (κ2) is 7.88. The molecule has 7 heteroatoms. The van der Waals surface area contributed by atoms with E-state index in [1.165, 1.54) is 0 Å². The first kappa shape index (κ1) is 21.2. The molecule has 3 aliphatic rings. The molecule has 0 amide bonds. The molecule has 0 saturated heterocycles. The number of aromatic nitrogens is 2. The number of ketones is 1. The molecule has 6 rings (SSSR count). The van der Waals surface area contributed by atoms with E-state index in [-0.39, 0.29) is 18.0 Å². The van der Waals surface area contributed by atoms with E-state index < -0.39 is 5.92 Å². The molecule has 0 bridgehead atoms. The zero-order chi connectivity index (χ0) is 24.2. The summed E-state index contributed by atoms with van der Waals surface area (Å²) < 4.78 is 13.1. The number of carbonyl (C=O) groups excluding carboxylic acids is 1. The molecule has 0 saturated carbocycles. The maximum absolute atomic E-state index is 13.8. The number of pyridine rings is 1. The molecule has 0 N–H and O–H groups in total. The minimum atomic E-state index is -0.515. The molecule has 0 unspecified atom stereocenters. The number of rotatable bonds is 3. The highest BCUT2D eigenvalue weighted by Gasteiger charge is 2.45. The number of anilines is 1. The van der Waals surface area contributed by atoms with Crippen molar-refractivity contribution in [2.24, 2.45) is 5.41 Å². The van der Waals surface area contributed by atoms with Crippen LogP contribution in [-0.4, -0.2) is 22.1 Å². The molecule has 2 aliphatic heterocycles. The molecule has 1 atom stereocenters. The van der Waals surface area contributed by atoms with Crippen LogP contribution < -0.4 is 14.4 Å². The molecule has 1 aromatic carbocycles. The lowest BCUT2D eigenvalue weighted by molar-refractivity contribution is -0.118. The Hall–Kier alpha value is -4.31. The molecular formula is C28H24N4O3. The van der Waals surface area contributed by atoms with Gasteiger partial charge < -0.3 is 14.0 Å². The summed E-state index contributed by atoms with van der Waals surface area (Å²) in [5.41, 5.74) is 3.50. The van der Waals surface area contributed by atoms with Gasteiger partial charge in [-0.05, 0) is 53.8 Å². The minimum Gasteiger partial charge on any atom is -0.454 e. The quantitative estimate of drug-likeness (QED) is 0.527. The molecule has 0 fully saturated rings. The van der Waals surface area contributed by atoms with Crippen LogP contribution in [0.15, 0.2) is 84.1 Å². The van der Waals surface area contributed by atoms with Gasteiger partial charge in [0.1, 0.15) is 5.82 Å². The van der Waals surface area contributed by atoms with Gasteiger partial charge >= 0.3 is 0 Å². The standard InChI is InChI=1S/C28H24N4O3/c1-28(2)13-21-26(22(33)14-28)25(18-7-8-23-24(12-18)35-17-34-23)20(15-29)27(31-10-3-4-11-31)32(21)19-6-5-9-30-16-19/h3-12,16,25H,13-14,17H2,1-2H3/t25-/m0/s1. The van der Waals surface area contributed by atoms with Crippen LogP contribution in [0.2, 0.25) is 0 Å². The molecule has 0 radical (unpaired) electrons. The predicted molar refractivity (Wildman–Crippen MR) is 130 cm³/mol. The summed E-state index contributed by atoms with van der Waals surface area (Å²) in [6.45, 7) is 4.39. The third-order valence-electron chi connectivity index (χ3n) is 6.80. The van der Waals surface area contributed by atoms with Gasteiger partial charge in [-0.25, -0.2) is 0 Å². The zero-order valence-corrected chi connectivity index (χ0v) is 19.6. The molecule has 4 heterocycles. The number of carbonyl (C=O) groups is 1. The van der Waals surface area contributed by atoms with Gasteiger partial charge in [-0.2, -0.15) is 5.26 Å². The summed E-state index contributed by atoms with van der Waals surface area (Å²) in [7, 11) is 0. The van der Waals surface area contributed by atoms with Crippen molar-refractivity contribution in [1.82, 2.24) is 9.55 Å². The van der Waals surface area contributed by atoms with Crippen LogP contribution in [0, 0.1) is 16.7 Å². The van der Waals surface area contributed by atoms with E-state index in [0.717, 1.165) is 16.9 Å². The normalized spacial score (nSPS) is 20.7. The van der Waals surface area contributed by atoms with Crippen LogP contribution in [-0.2, 0) is 4.79 Å². The van der Waals surface area contributed by atoms with Gasteiger partial charge in [0, 0.05) is 36.3 Å². The zero-order valence-electron chi connectivity index (χ0n) is 19.6. The Kier molecular flexibility index (Phi) is 4.78. The Morgan fingerprint density at radius 1 is 1.09 bits per heavy atom. The highest BCUT2D eigenvalue weighted by molar-refractivity contribution is 6.03. The topological polar surface area (TPSA) is 80.4 Å². The Bertz CT molecular complexity index is 1430. The van der Waals surface area contributed by atoms with Crippen LogP contribution in [0.4, 0.5) is 5.69 Å². The molecular weight excluding hydrogens is 440 g/mol. The van der Waals surface area contributed by atoms with Crippen molar-refractivity contribution in [2.75, 3.05) is 11.7 Å². The summed E-state index contributed by atoms with van der Waals surface area (Å²) in [5, 5.41) is 10.6. The number of allylic oxidation sites excluding steroid dienone is 3. The van der Waals surface area contributed by atoms with E-state index in [1.54, 1.807) is 12.4 Å². The number of nitrogens with zero attached hydrogens (tertiary/aromatic N) is 4. The number of fused-ring (bicyclic) bond motifs is 1. The second-order valence-corrected chi connectivity index (χ2v) is 9.83. The van der Waals surface area contributed by atoms with Crippen LogP contribution in [0.3, 0.4) is 0 Å². The summed E-state index contributed by atoms with van der Waals surface area (Å²) in [4.78, 5) is 20.2. The molecule has 35 heavy (non-hydrogen) atoms. The van der Waals surface area contributed by atoms with Crippen molar-refractivity contribution < 1.29 is 14.3 Å². The Balaban J connectivity index is 1.67. The third-order valence-corrected chi connectivity index (χ3v) is 6.80. The largest absolute Gasteiger partial charge is 0.454 e. The van der Waals surface area contributed by atoms with Crippen molar-refractivity contribution in [3.8, 4) is 17.6 Å². The van der Waals surface area contributed by atoms with Crippen molar-refractivity contribution in [2.45, 2.75) is 32.6 Å². The molecule has 2 aromatic heterocycles. The Morgan fingerprint density at radius 2 is 1.89 bits per heavy atom. The summed E-state index contributed by atoms with van der Waals surface area (Å²) in [6, 6.07) is 15.8. The SMILES string of the molecule is CC1(C)CC(=O)C2=C(C1)N(c1cccnc1)C(n1cccc1)=C(C#N)[C@@H]2c1ccc2c(c1)OCO2. The van der Waals surface area contributed by atoms with Gasteiger partial charge in [0.05, 0.1) is 29.4 Å². The maximum Gasteiger partial charge on any atom is 0.231 e. The van der Waals surface area contributed by atoms with E-state index in [0.29, 0.717) is 41.3 Å². The van der Waals surface area contributed by atoms with Gasteiger partial charge in [0.2, 0.25) is 6.79 Å². The first-order chi connectivity index (χ1) is 17.0. The van der Waals surface area contributed by atoms with Gasteiger partial charge in [0.25, 0.3) is 0 Å². The summed E-state index contributed by atoms with van der Waals surface area (Å²) in [5.74, 6) is 1.55. The number of hydrogen-bond donors (Lipinski definition) is 0.